The number of hydrogen-bond acceptors (Lipinski definition) is 3. The summed E-state index contributed by atoms with van der Waals surface area (Å²) in [4.78, 5) is 8.55. The Morgan fingerprint density at radius 3 is 1.71 bits per heavy atom. The summed E-state index contributed by atoms with van der Waals surface area (Å²) in [5.41, 5.74) is 7.63. The maximum absolute atomic E-state index is 2.73. The van der Waals surface area contributed by atoms with Crippen LogP contribution in [-0.4, -0.2) is 12.8 Å². The Labute approximate surface area is 175 Å². The first-order chi connectivity index (χ1) is 13.9. The SMILES string of the molecule is c1cc2c3c(c1)Sc1cccc4c1B3c1c(cccc1N4C1CCCCC1)S2. The van der Waals surface area contributed by atoms with Crippen molar-refractivity contribution >= 4 is 58.0 Å². The maximum Gasteiger partial charge on any atom is 0.252 e. The van der Waals surface area contributed by atoms with E-state index < -0.39 is 0 Å². The zero-order chi connectivity index (χ0) is 18.2. The highest BCUT2D eigenvalue weighted by atomic mass is 32.2. The van der Waals surface area contributed by atoms with Crippen molar-refractivity contribution in [3.05, 3.63) is 54.6 Å². The minimum Gasteiger partial charge on any atom is -0.339 e. The van der Waals surface area contributed by atoms with Crippen LogP contribution in [0.25, 0.3) is 0 Å². The van der Waals surface area contributed by atoms with Gasteiger partial charge in [0, 0.05) is 37.0 Å². The molecule has 3 heterocycles. The second-order valence-corrected chi connectivity index (χ2v) is 10.5. The van der Waals surface area contributed by atoms with Crippen LogP contribution in [0.1, 0.15) is 32.1 Å². The van der Waals surface area contributed by atoms with Gasteiger partial charge in [-0.15, -0.1) is 0 Å². The van der Waals surface area contributed by atoms with Crippen LogP contribution >= 0.6 is 23.5 Å². The van der Waals surface area contributed by atoms with Crippen molar-refractivity contribution < 1.29 is 0 Å². The summed E-state index contributed by atoms with van der Waals surface area (Å²) in [5, 5.41) is 0. The number of nitrogens with zero attached hydrogens (tertiary/aromatic N) is 1. The van der Waals surface area contributed by atoms with E-state index in [4.69, 9.17) is 0 Å². The maximum atomic E-state index is 2.73. The van der Waals surface area contributed by atoms with Gasteiger partial charge in [-0.3, -0.25) is 0 Å². The molecule has 3 aromatic rings. The highest BCUT2D eigenvalue weighted by Gasteiger charge is 2.45. The second-order valence-electron chi connectivity index (χ2n) is 8.34. The quantitative estimate of drug-likeness (QED) is 0.370. The lowest BCUT2D eigenvalue weighted by Gasteiger charge is -2.46. The smallest absolute Gasteiger partial charge is 0.252 e. The van der Waals surface area contributed by atoms with Crippen LogP contribution in [0.2, 0.25) is 0 Å². The molecule has 0 aromatic heterocycles. The van der Waals surface area contributed by atoms with Gasteiger partial charge in [0.2, 0.25) is 0 Å². The average molecular weight is 397 g/mol. The van der Waals surface area contributed by atoms with Crippen molar-refractivity contribution in [1.29, 1.82) is 0 Å². The fourth-order valence-electron chi connectivity index (χ4n) is 5.76. The third-order valence-electron chi connectivity index (χ3n) is 6.88. The summed E-state index contributed by atoms with van der Waals surface area (Å²) in [6, 6.07) is 21.5. The zero-order valence-corrected chi connectivity index (χ0v) is 17.3. The van der Waals surface area contributed by atoms with Gasteiger partial charge in [0.1, 0.15) is 0 Å². The Morgan fingerprint density at radius 1 is 0.643 bits per heavy atom. The summed E-state index contributed by atoms with van der Waals surface area (Å²) in [6.07, 6.45) is 6.77. The Balaban J connectivity index is 1.56. The lowest BCUT2D eigenvalue weighted by molar-refractivity contribution is 0.436. The predicted octanol–water partition coefficient (Wildman–Crippen LogP) is 4.92. The van der Waals surface area contributed by atoms with Crippen LogP contribution in [0.3, 0.4) is 0 Å². The summed E-state index contributed by atoms with van der Waals surface area (Å²) in [5.74, 6) is 0. The van der Waals surface area contributed by atoms with E-state index in [1.807, 2.05) is 23.5 Å². The van der Waals surface area contributed by atoms with E-state index >= 15 is 0 Å². The Hall–Kier alpha value is -1.78. The molecule has 3 aromatic carbocycles. The standard InChI is InChI=1S/C24H20BNS2/c1-2-7-15(8-3-1)26-16-9-4-11-18-22(16)25-23-17(26)10-5-12-19(23)28-21-14-6-13-20(27-18)24(21)25/h4-6,9-15H,1-3,7-8H2. The number of benzene rings is 3. The van der Waals surface area contributed by atoms with E-state index in [2.05, 4.69) is 59.5 Å². The van der Waals surface area contributed by atoms with Gasteiger partial charge in [0.25, 0.3) is 6.71 Å². The van der Waals surface area contributed by atoms with Crippen LogP contribution < -0.4 is 21.3 Å². The van der Waals surface area contributed by atoms with Gasteiger partial charge in [-0.25, -0.2) is 0 Å². The molecule has 0 atom stereocenters. The molecular weight excluding hydrogens is 377 g/mol. The minimum atomic E-state index is 0.408. The van der Waals surface area contributed by atoms with Crippen molar-refractivity contribution in [2.75, 3.05) is 4.90 Å². The van der Waals surface area contributed by atoms with Crippen LogP contribution in [0.15, 0.2) is 74.2 Å². The monoisotopic (exact) mass is 397 g/mol. The summed E-state index contributed by atoms with van der Waals surface area (Å²) >= 11 is 3.95. The van der Waals surface area contributed by atoms with Gasteiger partial charge in [-0.1, -0.05) is 61.0 Å². The molecule has 0 amide bonds. The lowest BCUT2D eigenvalue weighted by atomic mass is 9.34. The first-order valence-electron chi connectivity index (χ1n) is 10.4. The molecule has 28 heavy (non-hydrogen) atoms. The highest BCUT2D eigenvalue weighted by molar-refractivity contribution is 8.01. The predicted molar refractivity (Wildman–Crippen MR) is 121 cm³/mol. The van der Waals surface area contributed by atoms with Gasteiger partial charge in [-0.2, -0.15) is 0 Å². The minimum absolute atomic E-state index is 0.408. The van der Waals surface area contributed by atoms with E-state index in [0.717, 1.165) is 0 Å². The Bertz CT molecular complexity index is 1060. The van der Waals surface area contributed by atoms with Gasteiger partial charge < -0.3 is 4.90 Å². The molecule has 0 saturated heterocycles. The van der Waals surface area contributed by atoms with Crippen molar-refractivity contribution in [2.24, 2.45) is 0 Å². The molecule has 4 heteroatoms. The van der Waals surface area contributed by atoms with Crippen molar-refractivity contribution in [2.45, 2.75) is 57.7 Å². The third-order valence-corrected chi connectivity index (χ3v) is 9.18. The molecule has 0 unspecified atom stereocenters. The van der Waals surface area contributed by atoms with Gasteiger partial charge in [-0.05, 0) is 65.6 Å². The first kappa shape index (κ1) is 16.1. The molecule has 1 nitrogen and oxygen atoms in total. The van der Waals surface area contributed by atoms with Crippen molar-refractivity contribution in [1.82, 2.24) is 0 Å². The molecular formula is C24H20BNS2. The number of hydrogen-bond donors (Lipinski definition) is 0. The molecule has 4 aliphatic rings. The van der Waals surface area contributed by atoms with Crippen LogP contribution in [0.4, 0.5) is 11.4 Å². The number of rotatable bonds is 1. The van der Waals surface area contributed by atoms with Crippen LogP contribution in [-0.2, 0) is 0 Å². The van der Waals surface area contributed by atoms with Crippen LogP contribution in [0.5, 0.6) is 0 Å². The molecule has 0 N–H and O–H groups in total. The van der Waals surface area contributed by atoms with Crippen molar-refractivity contribution in [3.8, 4) is 0 Å². The summed E-state index contributed by atoms with van der Waals surface area (Å²) < 4.78 is 0. The van der Waals surface area contributed by atoms with Gasteiger partial charge >= 0.3 is 0 Å². The zero-order valence-electron chi connectivity index (χ0n) is 15.7. The first-order valence-corrected chi connectivity index (χ1v) is 12.1. The average Bonchev–Trinajstić information content (AvgIpc) is 2.75. The fraction of sp³-hybridized carbons (Fsp3) is 0.250. The van der Waals surface area contributed by atoms with E-state index in [1.54, 1.807) is 16.4 Å². The van der Waals surface area contributed by atoms with E-state index in [-0.39, 0.29) is 0 Å². The number of anilines is 2. The molecule has 1 fully saturated rings. The van der Waals surface area contributed by atoms with E-state index in [1.165, 1.54) is 63.1 Å². The Kier molecular flexibility index (Phi) is 3.37. The summed E-state index contributed by atoms with van der Waals surface area (Å²) in [7, 11) is 0. The van der Waals surface area contributed by atoms with Gasteiger partial charge in [0.15, 0.2) is 0 Å². The molecule has 0 spiro atoms. The largest absolute Gasteiger partial charge is 0.339 e. The Morgan fingerprint density at radius 2 is 1.14 bits per heavy atom. The summed E-state index contributed by atoms with van der Waals surface area (Å²) in [6.45, 7) is 0.408. The molecule has 7 rings (SSSR count). The van der Waals surface area contributed by atoms with Crippen molar-refractivity contribution in [3.63, 3.8) is 0 Å². The molecule has 0 radical (unpaired) electrons. The lowest BCUT2D eigenvalue weighted by Crippen LogP contribution is -2.63. The second kappa shape index (κ2) is 5.87. The topological polar surface area (TPSA) is 3.24 Å². The molecule has 3 aliphatic heterocycles. The van der Waals surface area contributed by atoms with Gasteiger partial charge in [0.05, 0.1) is 0 Å². The highest BCUT2D eigenvalue weighted by Crippen LogP contribution is 2.45. The molecule has 1 saturated carbocycles. The van der Waals surface area contributed by atoms with Crippen LogP contribution in [0, 0.1) is 0 Å². The fourth-order valence-corrected chi connectivity index (χ4v) is 8.23. The molecule has 1 aliphatic carbocycles. The normalized spacial score (nSPS) is 18.9. The molecule has 0 bridgehead atoms. The van der Waals surface area contributed by atoms with E-state index in [9.17, 15) is 0 Å². The third kappa shape index (κ3) is 2.03. The van der Waals surface area contributed by atoms with E-state index in [0.29, 0.717) is 12.8 Å². The molecule has 136 valence electrons.